The Bertz CT molecular complexity index is 1340. The summed E-state index contributed by atoms with van der Waals surface area (Å²) in [6.45, 7) is 3.35. The molecular formula is C24H21N3O3S. The molecule has 3 rings (SSSR count). The number of nitrogens with one attached hydrogen (secondary N) is 1. The lowest BCUT2D eigenvalue weighted by Crippen LogP contribution is -2.08. The number of aryl methyl sites for hydroxylation is 1. The molecule has 1 heterocycles. The monoisotopic (exact) mass is 431 g/mol. The van der Waals surface area contributed by atoms with Crippen molar-refractivity contribution < 1.29 is 13.8 Å². The Labute approximate surface area is 181 Å². The van der Waals surface area contributed by atoms with E-state index in [1.54, 1.807) is 36.5 Å². The van der Waals surface area contributed by atoms with Gasteiger partial charge in [0, 0.05) is 47.3 Å². The topological polar surface area (TPSA) is 88.5 Å². The summed E-state index contributed by atoms with van der Waals surface area (Å²) in [6, 6.07) is 15.8. The normalized spacial score (nSPS) is 12.1. The van der Waals surface area contributed by atoms with Gasteiger partial charge in [0.25, 0.3) is 5.91 Å². The average molecular weight is 432 g/mol. The van der Waals surface area contributed by atoms with E-state index in [1.165, 1.54) is 19.4 Å². The fourth-order valence-electron chi connectivity index (χ4n) is 2.75. The number of benzene rings is 2. The molecule has 0 aliphatic heterocycles. The lowest BCUT2D eigenvalue weighted by molar-refractivity contribution is -0.114. The van der Waals surface area contributed by atoms with Crippen LogP contribution in [0, 0.1) is 18.8 Å². The summed E-state index contributed by atoms with van der Waals surface area (Å²) in [5.74, 6) is 5.17. The van der Waals surface area contributed by atoms with Gasteiger partial charge >= 0.3 is 0 Å². The maximum absolute atomic E-state index is 13.1. The Hall–Kier alpha value is -3.76. The molecule has 31 heavy (non-hydrogen) atoms. The van der Waals surface area contributed by atoms with E-state index in [0.717, 1.165) is 11.1 Å². The van der Waals surface area contributed by atoms with Gasteiger partial charge in [-0.3, -0.25) is 14.6 Å². The third-order valence-corrected chi connectivity index (χ3v) is 5.96. The summed E-state index contributed by atoms with van der Waals surface area (Å²) in [5, 5.41) is 2.62. The molecule has 0 aliphatic carbocycles. The van der Waals surface area contributed by atoms with E-state index in [2.05, 4.69) is 26.5 Å². The number of hydrogen-bond donors (Lipinski definition) is 1. The van der Waals surface area contributed by atoms with Crippen molar-refractivity contribution in [2.75, 3.05) is 11.6 Å². The quantitative estimate of drug-likeness (QED) is 0.634. The van der Waals surface area contributed by atoms with Crippen LogP contribution in [-0.2, 0) is 14.5 Å². The molecule has 1 atom stereocenters. The SMILES string of the molecule is CC(=O)Nc1cccc(S(C)(=O)=NC(=O)c2cncc(C#Cc3ccccc3C)c2)c1. The minimum absolute atomic E-state index is 0.198. The molecule has 1 N–H and O–H groups in total. The third-order valence-electron chi connectivity index (χ3n) is 4.32. The van der Waals surface area contributed by atoms with Gasteiger partial charge in [-0.05, 0) is 42.8 Å². The van der Waals surface area contributed by atoms with E-state index in [0.29, 0.717) is 16.1 Å². The smallest absolute Gasteiger partial charge is 0.286 e. The first-order valence-corrected chi connectivity index (χ1v) is 11.3. The highest BCUT2D eigenvalue weighted by molar-refractivity contribution is 7.93. The number of rotatable bonds is 3. The number of carbonyl (C=O) groups excluding carboxylic acids is 2. The van der Waals surface area contributed by atoms with Crippen LogP contribution in [0.5, 0.6) is 0 Å². The number of anilines is 1. The molecule has 2 amide bonds. The molecule has 0 saturated carbocycles. The molecule has 0 spiro atoms. The van der Waals surface area contributed by atoms with Crippen LogP contribution in [0.15, 0.2) is 76.2 Å². The summed E-state index contributed by atoms with van der Waals surface area (Å²) in [5.41, 5.74) is 3.18. The number of amides is 2. The molecule has 7 heteroatoms. The molecule has 0 fully saturated rings. The molecule has 0 aliphatic rings. The number of hydrogen-bond acceptors (Lipinski definition) is 4. The largest absolute Gasteiger partial charge is 0.326 e. The van der Waals surface area contributed by atoms with Crippen LogP contribution in [0.1, 0.15) is 34.0 Å². The fourth-order valence-corrected chi connectivity index (χ4v) is 3.96. The van der Waals surface area contributed by atoms with Crippen LogP contribution in [0.25, 0.3) is 0 Å². The summed E-state index contributed by atoms with van der Waals surface area (Å²) < 4.78 is 17.0. The number of aromatic nitrogens is 1. The van der Waals surface area contributed by atoms with Crippen LogP contribution in [0.2, 0.25) is 0 Å². The first kappa shape index (κ1) is 21.9. The van der Waals surface area contributed by atoms with Gasteiger partial charge in [-0.2, -0.15) is 4.36 Å². The molecule has 6 nitrogen and oxygen atoms in total. The van der Waals surface area contributed by atoms with Gasteiger partial charge in [-0.25, -0.2) is 4.21 Å². The van der Waals surface area contributed by atoms with Crippen LogP contribution >= 0.6 is 0 Å². The molecular weight excluding hydrogens is 410 g/mol. The predicted molar refractivity (Wildman–Crippen MR) is 121 cm³/mol. The second kappa shape index (κ2) is 9.37. The van der Waals surface area contributed by atoms with E-state index in [4.69, 9.17) is 0 Å². The average Bonchev–Trinajstić information content (AvgIpc) is 2.73. The summed E-state index contributed by atoms with van der Waals surface area (Å²) >= 11 is 0. The minimum Gasteiger partial charge on any atom is -0.326 e. The Morgan fingerprint density at radius 3 is 2.55 bits per heavy atom. The Balaban J connectivity index is 1.89. The number of nitrogens with zero attached hydrogens (tertiary/aromatic N) is 2. The molecule has 0 radical (unpaired) electrons. The van der Waals surface area contributed by atoms with Crippen molar-refractivity contribution >= 4 is 27.2 Å². The maximum Gasteiger partial charge on any atom is 0.286 e. The second-order valence-electron chi connectivity index (χ2n) is 6.94. The highest BCUT2D eigenvalue weighted by atomic mass is 32.2. The lowest BCUT2D eigenvalue weighted by atomic mass is 10.1. The van der Waals surface area contributed by atoms with Crippen molar-refractivity contribution in [3.05, 3.63) is 89.2 Å². The van der Waals surface area contributed by atoms with Crippen molar-refractivity contribution in [1.29, 1.82) is 0 Å². The van der Waals surface area contributed by atoms with Gasteiger partial charge in [0.15, 0.2) is 0 Å². The first-order chi connectivity index (χ1) is 14.7. The van der Waals surface area contributed by atoms with Gasteiger partial charge < -0.3 is 5.32 Å². The van der Waals surface area contributed by atoms with E-state index in [9.17, 15) is 13.8 Å². The van der Waals surface area contributed by atoms with E-state index in [1.807, 2.05) is 31.2 Å². The second-order valence-corrected chi connectivity index (χ2v) is 9.19. The van der Waals surface area contributed by atoms with Gasteiger partial charge in [0.2, 0.25) is 5.91 Å². The van der Waals surface area contributed by atoms with Crippen LogP contribution in [0.4, 0.5) is 5.69 Å². The fraction of sp³-hybridized carbons (Fsp3) is 0.125. The molecule has 3 aromatic rings. The zero-order chi connectivity index (χ0) is 22.4. The van der Waals surface area contributed by atoms with Gasteiger partial charge in [-0.1, -0.05) is 36.1 Å². The molecule has 156 valence electrons. The lowest BCUT2D eigenvalue weighted by Gasteiger charge is -2.07. The van der Waals surface area contributed by atoms with Crippen LogP contribution < -0.4 is 5.32 Å². The molecule has 1 unspecified atom stereocenters. The van der Waals surface area contributed by atoms with Gasteiger partial charge in [-0.15, -0.1) is 0 Å². The molecule has 0 saturated heterocycles. The standard InChI is InChI=1S/C24H21N3O3S/c1-17-7-4-5-8-20(17)12-11-19-13-21(16-25-15-19)24(29)27-31(3,30)23-10-6-9-22(14-23)26-18(2)28/h4-10,13-16H,1-3H3,(H,26,28). The first-order valence-electron chi connectivity index (χ1n) is 9.41. The summed E-state index contributed by atoms with van der Waals surface area (Å²) in [6.07, 6.45) is 4.31. The van der Waals surface area contributed by atoms with Crippen LogP contribution in [0.3, 0.4) is 0 Å². The molecule has 0 bridgehead atoms. The highest BCUT2D eigenvalue weighted by Gasteiger charge is 2.13. The van der Waals surface area contributed by atoms with Crippen LogP contribution in [-0.4, -0.2) is 27.3 Å². The van der Waals surface area contributed by atoms with Gasteiger partial charge in [0.1, 0.15) is 0 Å². The molecule has 1 aromatic heterocycles. The zero-order valence-electron chi connectivity index (χ0n) is 17.4. The van der Waals surface area contributed by atoms with E-state index < -0.39 is 15.6 Å². The minimum atomic E-state index is -3.03. The number of pyridine rings is 1. The van der Waals surface area contributed by atoms with E-state index in [-0.39, 0.29) is 11.5 Å². The Morgan fingerprint density at radius 1 is 1.03 bits per heavy atom. The maximum atomic E-state index is 13.1. The van der Waals surface area contributed by atoms with Gasteiger partial charge in [0.05, 0.1) is 15.3 Å². The summed E-state index contributed by atoms with van der Waals surface area (Å²) in [7, 11) is -3.03. The predicted octanol–water partition coefficient (Wildman–Crippen LogP) is 4.05. The van der Waals surface area contributed by atoms with E-state index >= 15 is 0 Å². The molecule has 2 aromatic carbocycles. The summed E-state index contributed by atoms with van der Waals surface area (Å²) in [4.78, 5) is 28.3. The zero-order valence-corrected chi connectivity index (χ0v) is 18.2. The number of carbonyl (C=O) groups is 2. The Morgan fingerprint density at radius 2 is 1.81 bits per heavy atom. The Kier molecular flexibility index (Phi) is 6.63. The highest BCUT2D eigenvalue weighted by Crippen LogP contribution is 2.18. The third kappa shape index (κ3) is 5.87. The van der Waals surface area contributed by atoms with Crippen molar-refractivity contribution in [2.24, 2.45) is 4.36 Å². The van der Waals surface area contributed by atoms with Crippen molar-refractivity contribution in [3.63, 3.8) is 0 Å². The van der Waals surface area contributed by atoms with Crippen molar-refractivity contribution in [2.45, 2.75) is 18.7 Å². The van der Waals surface area contributed by atoms with Crippen molar-refractivity contribution in [1.82, 2.24) is 4.98 Å². The van der Waals surface area contributed by atoms with Crippen molar-refractivity contribution in [3.8, 4) is 11.8 Å².